The molecule has 4 atom stereocenters. The van der Waals surface area contributed by atoms with Gasteiger partial charge < -0.3 is 25.0 Å². The minimum Gasteiger partial charge on any atom is -0.396 e. The number of ether oxygens (including phenoxy) is 2. The van der Waals surface area contributed by atoms with Gasteiger partial charge in [-0.15, -0.1) is 0 Å². The fourth-order valence-electron chi connectivity index (χ4n) is 5.86. The summed E-state index contributed by atoms with van der Waals surface area (Å²) in [6.45, 7) is 4.55. The zero-order chi connectivity index (χ0) is 31.4. The Hall–Kier alpha value is -1.90. The van der Waals surface area contributed by atoms with Gasteiger partial charge in [0.15, 0.2) is 6.29 Å². The highest BCUT2D eigenvalue weighted by Crippen LogP contribution is 2.42. The highest BCUT2D eigenvalue weighted by molar-refractivity contribution is 7.99. The Bertz CT molecular complexity index is 1050. The smallest absolute Gasteiger partial charge is 0.224 e. The van der Waals surface area contributed by atoms with Gasteiger partial charge in [0.2, 0.25) is 5.91 Å². The maximum atomic E-state index is 12.7. The Morgan fingerprint density at radius 3 is 2.07 bits per heavy atom. The lowest BCUT2D eigenvalue weighted by Gasteiger charge is -2.41. The molecular weight excluding hydrogens is 570 g/mol. The molecule has 1 amide bonds. The number of hydrogen-bond acceptors (Lipinski definition) is 6. The van der Waals surface area contributed by atoms with E-state index in [0.717, 1.165) is 41.0 Å². The van der Waals surface area contributed by atoms with E-state index in [-0.39, 0.29) is 37.2 Å². The summed E-state index contributed by atoms with van der Waals surface area (Å²) in [5.74, 6) is 1.56. The molecule has 246 valence electrons. The Kier molecular flexibility index (Phi) is 18.1. The van der Waals surface area contributed by atoms with Crippen LogP contribution < -0.4 is 5.32 Å². The average molecular weight is 628 g/mol. The van der Waals surface area contributed by atoms with Crippen LogP contribution in [0.25, 0.3) is 0 Å². The second-order valence-corrected chi connectivity index (χ2v) is 13.4. The molecule has 7 heteroatoms. The van der Waals surface area contributed by atoms with E-state index in [0.29, 0.717) is 12.2 Å². The summed E-state index contributed by atoms with van der Waals surface area (Å²) in [6, 6.07) is 15.7. The van der Waals surface area contributed by atoms with Crippen LogP contribution >= 0.6 is 11.8 Å². The summed E-state index contributed by atoms with van der Waals surface area (Å²) in [5, 5.41) is 21.8. The fraction of sp³-hybridized carbons (Fsp3) is 0.649. The molecule has 0 spiro atoms. The van der Waals surface area contributed by atoms with Crippen molar-refractivity contribution in [3.05, 3.63) is 65.2 Å². The number of aliphatic hydroxyl groups is 2. The third-order valence-corrected chi connectivity index (χ3v) is 9.63. The predicted octanol–water partition coefficient (Wildman–Crippen LogP) is 9.12. The standard InChI is InChI=1S/C37H57NO5S/c1-3-4-5-6-7-8-9-10-11-12-13-14-15-19-35(41)38-33-18-16-17-32(26-33)37-42-34(28-44-25-24-39)29(2)36(43-37)31-22-20-30(27-40)21-23-31/h16-18,20-23,26,29,34,36-37,39-40H,3-15,19,24-25,27-28H2,1-2H3,(H,38,41). The van der Waals surface area contributed by atoms with Gasteiger partial charge in [-0.1, -0.05) is 127 Å². The Balaban J connectivity index is 1.45. The molecule has 0 aromatic heterocycles. The zero-order valence-electron chi connectivity index (χ0n) is 27.2. The SMILES string of the molecule is CCCCCCCCCCCCCCCC(=O)Nc1cccc(C2OC(CSCCO)C(C)C(c3ccc(CO)cc3)O2)c1. The van der Waals surface area contributed by atoms with Crippen molar-refractivity contribution in [1.29, 1.82) is 0 Å². The maximum absolute atomic E-state index is 12.7. The maximum Gasteiger partial charge on any atom is 0.224 e. The molecule has 0 aliphatic carbocycles. The van der Waals surface area contributed by atoms with Gasteiger partial charge in [-0.2, -0.15) is 11.8 Å². The van der Waals surface area contributed by atoms with Gasteiger partial charge in [0.05, 0.1) is 25.4 Å². The summed E-state index contributed by atoms with van der Waals surface area (Å²) in [6.07, 6.45) is 16.5. The Morgan fingerprint density at radius 2 is 1.45 bits per heavy atom. The molecule has 1 heterocycles. The van der Waals surface area contributed by atoms with Crippen molar-refractivity contribution < 1.29 is 24.5 Å². The number of rotatable bonds is 22. The van der Waals surface area contributed by atoms with Crippen molar-refractivity contribution in [2.24, 2.45) is 5.92 Å². The fourth-order valence-corrected chi connectivity index (χ4v) is 6.77. The summed E-state index contributed by atoms with van der Waals surface area (Å²) < 4.78 is 13.0. The van der Waals surface area contributed by atoms with Crippen molar-refractivity contribution >= 4 is 23.4 Å². The van der Waals surface area contributed by atoms with Gasteiger partial charge in [0, 0.05) is 35.1 Å². The normalized spacial score (nSPS) is 20.1. The van der Waals surface area contributed by atoms with Crippen LogP contribution in [0.15, 0.2) is 48.5 Å². The van der Waals surface area contributed by atoms with E-state index in [9.17, 15) is 15.0 Å². The van der Waals surface area contributed by atoms with Crippen molar-refractivity contribution in [3.63, 3.8) is 0 Å². The number of benzene rings is 2. The number of aliphatic hydroxyl groups excluding tert-OH is 2. The number of hydrogen-bond donors (Lipinski definition) is 3. The van der Waals surface area contributed by atoms with Crippen molar-refractivity contribution in [3.8, 4) is 0 Å². The van der Waals surface area contributed by atoms with E-state index >= 15 is 0 Å². The molecule has 1 aliphatic heterocycles. The second-order valence-electron chi connectivity index (χ2n) is 12.3. The molecule has 3 rings (SSSR count). The van der Waals surface area contributed by atoms with Gasteiger partial charge in [0.1, 0.15) is 0 Å². The molecule has 0 saturated carbocycles. The average Bonchev–Trinajstić information content (AvgIpc) is 3.04. The first-order valence-corrected chi connectivity index (χ1v) is 18.3. The lowest BCUT2D eigenvalue weighted by Crippen LogP contribution is -2.38. The highest BCUT2D eigenvalue weighted by Gasteiger charge is 2.38. The molecule has 6 nitrogen and oxygen atoms in total. The topological polar surface area (TPSA) is 88.0 Å². The predicted molar refractivity (Wildman–Crippen MR) is 183 cm³/mol. The molecule has 1 fully saturated rings. The van der Waals surface area contributed by atoms with Crippen molar-refractivity contribution in [2.75, 3.05) is 23.4 Å². The minimum absolute atomic E-state index is 0.00535. The molecule has 3 N–H and O–H groups in total. The van der Waals surface area contributed by atoms with E-state index in [4.69, 9.17) is 9.47 Å². The van der Waals surface area contributed by atoms with Gasteiger partial charge in [-0.05, 0) is 29.7 Å². The number of amides is 1. The van der Waals surface area contributed by atoms with E-state index in [1.165, 1.54) is 70.6 Å². The quantitative estimate of drug-likeness (QED) is 0.113. The molecule has 44 heavy (non-hydrogen) atoms. The van der Waals surface area contributed by atoms with Gasteiger partial charge in [-0.3, -0.25) is 4.79 Å². The molecule has 1 aliphatic rings. The number of carbonyl (C=O) groups excluding carboxylic acids is 1. The highest BCUT2D eigenvalue weighted by atomic mass is 32.2. The second kappa shape index (κ2) is 21.8. The number of nitrogens with one attached hydrogen (secondary N) is 1. The first kappa shape index (κ1) is 36.6. The third-order valence-electron chi connectivity index (χ3n) is 8.59. The van der Waals surface area contributed by atoms with E-state index < -0.39 is 6.29 Å². The van der Waals surface area contributed by atoms with E-state index in [1.54, 1.807) is 11.8 Å². The monoisotopic (exact) mass is 627 g/mol. The molecule has 0 bridgehead atoms. The van der Waals surface area contributed by atoms with E-state index in [1.807, 2.05) is 48.5 Å². The molecule has 2 aromatic rings. The zero-order valence-corrected chi connectivity index (χ0v) is 28.0. The Labute approximate surface area is 270 Å². The molecule has 0 radical (unpaired) electrons. The summed E-state index contributed by atoms with van der Waals surface area (Å²) in [7, 11) is 0. The molecule has 2 aromatic carbocycles. The minimum atomic E-state index is -0.577. The van der Waals surface area contributed by atoms with Crippen LogP contribution in [0, 0.1) is 5.92 Å². The van der Waals surface area contributed by atoms with Gasteiger partial charge >= 0.3 is 0 Å². The lowest BCUT2D eigenvalue weighted by atomic mass is 9.91. The van der Waals surface area contributed by atoms with Crippen LogP contribution in [0.5, 0.6) is 0 Å². The van der Waals surface area contributed by atoms with Crippen molar-refractivity contribution in [1.82, 2.24) is 0 Å². The van der Waals surface area contributed by atoms with Crippen molar-refractivity contribution in [2.45, 2.75) is 129 Å². The number of thioether (sulfide) groups is 1. The Morgan fingerprint density at radius 1 is 0.818 bits per heavy atom. The van der Waals surface area contributed by atoms with E-state index in [2.05, 4.69) is 19.2 Å². The first-order chi connectivity index (χ1) is 21.5. The van der Waals surface area contributed by atoms with Crippen LogP contribution in [0.3, 0.4) is 0 Å². The third kappa shape index (κ3) is 13.2. The van der Waals surface area contributed by atoms with Crippen LogP contribution in [0.1, 0.15) is 133 Å². The van der Waals surface area contributed by atoms with Gasteiger partial charge in [0.25, 0.3) is 0 Å². The van der Waals surface area contributed by atoms with Crippen LogP contribution in [-0.4, -0.2) is 40.3 Å². The number of anilines is 1. The largest absolute Gasteiger partial charge is 0.396 e. The summed E-state index contributed by atoms with van der Waals surface area (Å²) in [5.41, 5.74) is 3.53. The number of carbonyl (C=O) groups is 1. The van der Waals surface area contributed by atoms with Crippen LogP contribution in [0.4, 0.5) is 5.69 Å². The van der Waals surface area contributed by atoms with Crippen LogP contribution in [-0.2, 0) is 20.9 Å². The van der Waals surface area contributed by atoms with Gasteiger partial charge in [-0.25, -0.2) is 0 Å². The molecule has 1 saturated heterocycles. The lowest BCUT2D eigenvalue weighted by molar-refractivity contribution is -0.268. The summed E-state index contributed by atoms with van der Waals surface area (Å²) >= 11 is 1.67. The first-order valence-electron chi connectivity index (χ1n) is 17.1. The van der Waals surface area contributed by atoms with Crippen LogP contribution in [0.2, 0.25) is 0 Å². The molecule has 4 unspecified atom stereocenters. The number of unbranched alkanes of at least 4 members (excludes halogenated alkanes) is 12. The molecular formula is C37H57NO5S. The summed E-state index contributed by atoms with van der Waals surface area (Å²) in [4.78, 5) is 12.7.